The molecule has 2 aromatic rings. The molecule has 1 aliphatic rings. The van der Waals surface area contributed by atoms with Crippen LogP contribution in [0.4, 0.5) is 8.78 Å². The molecule has 1 atom stereocenters. The average molecular weight is 321 g/mol. The van der Waals surface area contributed by atoms with Gasteiger partial charge in [-0.15, -0.1) is 0 Å². The Morgan fingerprint density at radius 3 is 2.61 bits per heavy atom. The van der Waals surface area contributed by atoms with Gasteiger partial charge in [0.25, 0.3) is 0 Å². The van der Waals surface area contributed by atoms with Gasteiger partial charge in [0, 0.05) is 18.9 Å². The van der Waals surface area contributed by atoms with Gasteiger partial charge in [-0.2, -0.15) is 5.10 Å². The highest BCUT2D eigenvalue weighted by atomic mass is 19.2. The smallest absolute Gasteiger partial charge is 0.159 e. The second-order valence-electron chi connectivity index (χ2n) is 6.13. The van der Waals surface area contributed by atoms with E-state index in [2.05, 4.69) is 10.00 Å². The SMILES string of the molecule is OC(CN1CCC(c2ccc(F)c(F)c2)CC1)Cn1cccn1. The molecular formula is C17H21F2N3O. The molecule has 0 saturated carbocycles. The van der Waals surface area contributed by atoms with Gasteiger partial charge in [0.05, 0.1) is 12.6 Å². The van der Waals surface area contributed by atoms with E-state index in [0.29, 0.717) is 13.1 Å². The number of benzene rings is 1. The largest absolute Gasteiger partial charge is 0.390 e. The minimum absolute atomic E-state index is 0.254. The molecule has 6 heteroatoms. The third kappa shape index (κ3) is 4.14. The molecule has 1 N–H and O–H groups in total. The van der Waals surface area contributed by atoms with Gasteiger partial charge in [0.1, 0.15) is 0 Å². The molecule has 1 aromatic carbocycles. The Morgan fingerprint density at radius 2 is 1.96 bits per heavy atom. The lowest BCUT2D eigenvalue weighted by atomic mass is 9.89. The first kappa shape index (κ1) is 16.1. The highest BCUT2D eigenvalue weighted by Crippen LogP contribution is 2.28. The molecule has 1 saturated heterocycles. The number of halogens is 2. The van der Waals surface area contributed by atoms with Crippen LogP contribution in [0.3, 0.4) is 0 Å². The Labute approximate surface area is 134 Å². The molecule has 2 heterocycles. The first-order valence-corrected chi connectivity index (χ1v) is 7.94. The minimum atomic E-state index is -0.798. The molecule has 3 rings (SSSR count). The van der Waals surface area contributed by atoms with E-state index in [1.807, 2.05) is 12.3 Å². The van der Waals surface area contributed by atoms with Crippen molar-refractivity contribution in [1.82, 2.24) is 14.7 Å². The maximum absolute atomic E-state index is 13.3. The van der Waals surface area contributed by atoms with E-state index in [-0.39, 0.29) is 5.92 Å². The van der Waals surface area contributed by atoms with E-state index in [1.165, 1.54) is 12.1 Å². The summed E-state index contributed by atoms with van der Waals surface area (Å²) in [5, 5.41) is 14.2. The predicted octanol–water partition coefficient (Wildman–Crippen LogP) is 2.40. The molecule has 23 heavy (non-hydrogen) atoms. The van der Waals surface area contributed by atoms with E-state index in [1.54, 1.807) is 16.9 Å². The van der Waals surface area contributed by atoms with Crippen molar-refractivity contribution in [3.05, 3.63) is 53.9 Å². The molecular weight excluding hydrogens is 300 g/mol. The van der Waals surface area contributed by atoms with E-state index in [4.69, 9.17) is 0 Å². The molecule has 1 aromatic heterocycles. The molecule has 1 unspecified atom stereocenters. The molecule has 4 nitrogen and oxygen atoms in total. The van der Waals surface area contributed by atoms with Gasteiger partial charge in [-0.1, -0.05) is 6.07 Å². The van der Waals surface area contributed by atoms with Crippen molar-refractivity contribution < 1.29 is 13.9 Å². The lowest BCUT2D eigenvalue weighted by Gasteiger charge is -2.33. The number of aliphatic hydroxyl groups is 1. The Morgan fingerprint density at radius 1 is 1.17 bits per heavy atom. The zero-order chi connectivity index (χ0) is 16.2. The van der Waals surface area contributed by atoms with E-state index >= 15 is 0 Å². The molecule has 0 aliphatic carbocycles. The van der Waals surface area contributed by atoms with Crippen LogP contribution in [0.25, 0.3) is 0 Å². The monoisotopic (exact) mass is 321 g/mol. The molecule has 1 fully saturated rings. The summed E-state index contributed by atoms with van der Waals surface area (Å²) >= 11 is 0. The number of aliphatic hydroxyl groups excluding tert-OH is 1. The zero-order valence-electron chi connectivity index (χ0n) is 12.9. The average Bonchev–Trinajstić information content (AvgIpc) is 3.03. The Bertz CT molecular complexity index is 625. The van der Waals surface area contributed by atoms with Crippen molar-refractivity contribution in [2.75, 3.05) is 19.6 Å². The fourth-order valence-corrected chi connectivity index (χ4v) is 3.20. The number of nitrogens with zero attached hydrogens (tertiary/aromatic N) is 3. The van der Waals surface area contributed by atoms with E-state index in [0.717, 1.165) is 31.5 Å². The fourth-order valence-electron chi connectivity index (χ4n) is 3.20. The normalized spacial score (nSPS) is 18.2. The molecule has 0 spiro atoms. The van der Waals surface area contributed by atoms with Crippen LogP contribution in [0, 0.1) is 11.6 Å². The number of aromatic nitrogens is 2. The maximum Gasteiger partial charge on any atom is 0.159 e. The standard InChI is InChI=1S/C17H21F2N3O/c18-16-3-2-14(10-17(16)19)13-4-8-21(9-5-13)11-15(23)12-22-7-1-6-20-22/h1-3,6-7,10,13,15,23H,4-5,8-9,11-12H2. The summed E-state index contributed by atoms with van der Waals surface area (Å²) in [4.78, 5) is 2.21. The number of likely N-dealkylation sites (tertiary alicyclic amines) is 1. The molecule has 124 valence electrons. The van der Waals surface area contributed by atoms with Crippen molar-refractivity contribution in [1.29, 1.82) is 0 Å². The van der Waals surface area contributed by atoms with Crippen LogP contribution < -0.4 is 0 Å². The predicted molar refractivity (Wildman–Crippen MR) is 83.0 cm³/mol. The van der Waals surface area contributed by atoms with Gasteiger partial charge in [-0.25, -0.2) is 8.78 Å². The Balaban J connectivity index is 1.49. The highest BCUT2D eigenvalue weighted by molar-refractivity contribution is 5.22. The first-order valence-electron chi connectivity index (χ1n) is 7.94. The molecule has 0 amide bonds. The van der Waals surface area contributed by atoms with Crippen molar-refractivity contribution >= 4 is 0 Å². The molecule has 0 radical (unpaired) electrons. The van der Waals surface area contributed by atoms with Gasteiger partial charge in [0.2, 0.25) is 0 Å². The summed E-state index contributed by atoms with van der Waals surface area (Å²) in [5.74, 6) is -1.32. The van der Waals surface area contributed by atoms with Crippen LogP contribution in [0.15, 0.2) is 36.7 Å². The summed E-state index contributed by atoms with van der Waals surface area (Å²) in [7, 11) is 0. The van der Waals surface area contributed by atoms with Crippen LogP contribution in [0.1, 0.15) is 24.3 Å². The van der Waals surface area contributed by atoms with Gasteiger partial charge < -0.3 is 10.0 Å². The number of piperidine rings is 1. The van der Waals surface area contributed by atoms with Crippen LogP contribution in [-0.2, 0) is 6.54 Å². The molecule has 1 aliphatic heterocycles. The summed E-state index contributed by atoms with van der Waals surface area (Å²) in [6, 6.07) is 6.01. The van der Waals surface area contributed by atoms with Crippen LogP contribution >= 0.6 is 0 Å². The van der Waals surface area contributed by atoms with Crippen molar-refractivity contribution in [2.24, 2.45) is 0 Å². The summed E-state index contributed by atoms with van der Waals surface area (Å²) in [5.41, 5.74) is 0.862. The third-order valence-corrected chi connectivity index (χ3v) is 4.43. The second kappa shape index (κ2) is 7.19. The lowest BCUT2D eigenvalue weighted by Crippen LogP contribution is -2.39. The van der Waals surface area contributed by atoms with Crippen molar-refractivity contribution in [3.63, 3.8) is 0 Å². The van der Waals surface area contributed by atoms with E-state index < -0.39 is 17.7 Å². The van der Waals surface area contributed by atoms with Crippen LogP contribution in [0.5, 0.6) is 0 Å². The van der Waals surface area contributed by atoms with Crippen molar-refractivity contribution in [2.45, 2.75) is 31.4 Å². The van der Waals surface area contributed by atoms with Gasteiger partial charge >= 0.3 is 0 Å². The van der Waals surface area contributed by atoms with Crippen LogP contribution in [0.2, 0.25) is 0 Å². The third-order valence-electron chi connectivity index (χ3n) is 4.43. The second-order valence-corrected chi connectivity index (χ2v) is 6.13. The Hall–Kier alpha value is -1.79. The number of rotatable bonds is 5. The maximum atomic E-state index is 13.3. The van der Waals surface area contributed by atoms with Crippen molar-refractivity contribution in [3.8, 4) is 0 Å². The van der Waals surface area contributed by atoms with E-state index in [9.17, 15) is 13.9 Å². The highest BCUT2D eigenvalue weighted by Gasteiger charge is 2.23. The number of hydrogen-bond donors (Lipinski definition) is 1. The zero-order valence-corrected chi connectivity index (χ0v) is 12.9. The summed E-state index contributed by atoms with van der Waals surface area (Å²) in [6.07, 6.45) is 4.84. The summed E-state index contributed by atoms with van der Waals surface area (Å²) < 4.78 is 28.1. The first-order chi connectivity index (χ1) is 11.1. The van der Waals surface area contributed by atoms with Gasteiger partial charge in [-0.3, -0.25) is 4.68 Å². The number of β-amino-alcohol motifs (C(OH)–C–C–N with tert-alkyl or cyclic N) is 1. The molecule has 0 bridgehead atoms. The lowest BCUT2D eigenvalue weighted by molar-refractivity contribution is 0.0822. The quantitative estimate of drug-likeness (QED) is 0.919. The topological polar surface area (TPSA) is 41.3 Å². The Kier molecular flexibility index (Phi) is 5.03. The van der Waals surface area contributed by atoms with Crippen LogP contribution in [-0.4, -0.2) is 45.5 Å². The fraction of sp³-hybridized carbons (Fsp3) is 0.471. The number of hydrogen-bond acceptors (Lipinski definition) is 3. The van der Waals surface area contributed by atoms with Gasteiger partial charge in [0.15, 0.2) is 11.6 Å². The summed E-state index contributed by atoms with van der Waals surface area (Å²) in [6.45, 7) is 2.78. The van der Waals surface area contributed by atoms with Gasteiger partial charge in [-0.05, 0) is 55.6 Å². The minimum Gasteiger partial charge on any atom is -0.390 e.